The highest BCUT2D eigenvalue weighted by Crippen LogP contribution is 2.33. The number of hydrogen-bond acceptors (Lipinski definition) is 2. The summed E-state index contributed by atoms with van der Waals surface area (Å²) in [6, 6.07) is 17.8. The van der Waals surface area contributed by atoms with E-state index in [0.717, 1.165) is 16.8 Å². The monoisotopic (exact) mass is 364 g/mol. The molecule has 2 aromatic rings. The van der Waals surface area contributed by atoms with Gasteiger partial charge in [0.05, 0.1) is 6.04 Å². The number of para-hydroxylation sites is 1. The van der Waals surface area contributed by atoms with Gasteiger partial charge in [-0.2, -0.15) is 0 Å². The molecular formula is C23H28N2O2. The third-order valence-corrected chi connectivity index (χ3v) is 5.14. The number of anilines is 1. The molecule has 1 aliphatic heterocycles. The zero-order chi connectivity index (χ0) is 19.4. The molecule has 0 aliphatic carbocycles. The van der Waals surface area contributed by atoms with Crippen LogP contribution in [-0.2, 0) is 16.0 Å². The molecule has 0 saturated carbocycles. The minimum Gasteiger partial charge on any atom is -0.349 e. The van der Waals surface area contributed by atoms with E-state index < -0.39 is 0 Å². The third-order valence-electron chi connectivity index (χ3n) is 5.14. The van der Waals surface area contributed by atoms with Crippen molar-refractivity contribution in [3.8, 4) is 0 Å². The van der Waals surface area contributed by atoms with Crippen LogP contribution in [0.25, 0.3) is 0 Å². The molecule has 0 bridgehead atoms. The van der Waals surface area contributed by atoms with E-state index in [0.29, 0.717) is 19.3 Å². The number of amides is 2. The number of nitrogens with one attached hydrogen (secondary N) is 2. The van der Waals surface area contributed by atoms with E-state index in [1.807, 2.05) is 54.6 Å². The van der Waals surface area contributed by atoms with Gasteiger partial charge in [-0.25, -0.2) is 0 Å². The maximum atomic E-state index is 12.6. The first-order chi connectivity index (χ1) is 12.8. The van der Waals surface area contributed by atoms with Crippen molar-refractivity contribution in [3.63, 3.8) is 0 Å². The van der Waals surface area contributed by atoms with Gasteiger partial charge in [-0.3, -0.25) is 9.59 Å². The average Bonchev–Trinajstić information content (AvgIpc) is 2.64. The van der Waals surface area contributed by atoms with Crippen molar-refractivity contribution in [3.05, 3.63) is 65.7 Å². The van der Waals surface area contributed by atoms with Crippen LogP contribution in [0.2, 0.25) is 0 Å². The normalized spacial score (nSPS) is 17.6. The Labute approximate surface area is 161 Å². The van der Waals surface area contributed by atoms with E-state index in [1.54, 1.807) is 0 Å². The summed E-state index contributed by atoms with van der Waals surface area (Å²) in [5, 5.41) is 6.13. The fourth-order valence-electron chi connectivity index (χ4n) is 3.63. The Morgan fingerprint density at radius 2 is 1.78 bits per heavy atom. The standard InChI is InChI=1S/C23H28N2O2/c1-23(2,3)21(16-9-5-4-6-10-16)25-20(26)14-13-18-15-17-11-7-8-12-19(17)24-22(18)27/h4-12,18,21H,13-15H2,1-3H3,(H,24,27)(H,25,26)/t18-,21+/m0/s1. The van der Waals surface area contributed by atoms with Gasteiger partial charge >= 0.3 is 0 Å². The highest BCUT2D eigenvalue weighted by atomic mass is 16.2. The fourth-order valence-corrected chi connectivity index (χ4v) is 3.63. The SMILES string of the molecule is CC(C)(C)[C@H](NC(=O)CC[C@H]1Cc2ccccc2NC1=O)c1ccccc1. The van der Waals surface area contributed by atoms with Gasteiger partial charge in [0.15, 0.2) is 0 Å². The summed E-state index contributed by atoms with van der Waals surface area (Å²) in [6.07, 6.45) is 1.59. The molecule has 2 amide bonds. The molecule has 4 nitrogen and oxygen atoms in total. The van der Waals surface area contributed by atoms with Gasteiger partial charge in [0.25, 0.3) is 0 Å². The third kappa shape index (κ3) is 4.76. The minimum atomic E-state index is -0.157. The van der Waals surface area contributed by atoms with Crippen LogP contribution >= 0.6 is 0 Å². The van der Waals surface area contributed by atoms with Crippen molar-refractivity contribution in [2.24, 2.45) is 11.3 Å². The van der Waals surface area contributed by atoms with E-state index in [9.17, 15) is 9.59 Å². The molecule has 3 rings (SSSR count). The number of benzene rings is 2. The molecule has 2 atom stereocenters. The highest BCUT2D eigenvalue weighted by molar-refractivity contribution is 5.96. The van der Waals surface area contributed by atoms with Gasteiger partial charge in [-0.1, -0.05) is 69.3 Å². The first-order valence-electron chi connectivity index (χ1n) is 9.57. The van der Waals surface area contributed by atoms with Crippen molar-refractivity contribution in [2.75, 3.05) is 5.32 Å². The number of carbonyl (C=O) groups excluding carboxylic acids is 2. The first kappa shape index (κ1) is 19.2. The molecule has 0 saturated heterocycles. The fraction of sp³-hybridized carbons (Fsp3) is 0.391. The van der Waals surface area contributed by atoms with Crippen LogP contribution in [0.4, 0.5) is 5.69 Å². The maximum absolute atomic E-state index is 12.6. The summed E-state index contributed by atoms with van der Waals surface area (Å²) in [4.78, 5) is 25.0. The van der Waals surface area contributed by atoms with E-state index in [1.165, 1.54) is 0 Å². The molecule has 27 heavy (non-hydrogen) atoms. The number of hydrogen-bond donors (Lipinski definition) is 2. The molecule has 1 heterocycles. The summed E-state index contributed by atoms with van der Waals surface area (Å²) >= 11 is 0. The first-order valence-corrected chi connectivity index (χ1v) is 9.57. The summed E-state index contributed by atoms with van der Waals surface area (Å²) < 4.78 is 0. The Morgan fingerprint density at radius 1 is 1.11 bits per heavy atom. The molecule has 0 radical (unpaired) electrons. The zero-order valence-corrected chi connectivity index (χ0v) is 16.3. The molecule has 1 aliphatic rings. The van der Waals surface area contributed by atoms with Gasteiger partial charge in [0.2, 0.25) is 11.8 Å². The Balaban J connectivity index is 1.61. The van der Waals surface area contributed by atoms with E-state index in [-0.39, 0.29) is 29.2 Å². The van der Waals surface area contributed by atoms with Crippen LogP contribution in [-0.4, -0.2) is 11.8 Å². The highest BCUT2D eigenvalue weighted by Gasteiger charge is 2.29. The van der Waals surface area contributed by atoms with Crippen LogP contribution in [0.15, 0.2) is 54.6 Å². The van der Waals surface area contributed by atoms with E-state index >= 15 is 0 Å². The van der Waals surface area contributed by atoms with Crippen LogP contribution in [0, 0.1) is 11.3 Å². The van der Waals surface area contributed by atoms with Gasteiger partial charge < -0.3 is 10.6 Å². The number of carbonyl (C=O) groups is 2. The van der Waals surface area contributed by atoms with Crippen LogP contribution in [0.1, 0.15) is 50.8 Å². The van der Waals surface area contributed by atoms with Crippen molar-refractivity contribution in [1.29, 1.82) is 0 Å². The van der Waals surface area contributed by atoms with Gasteiger partial charge in [-0.15, -0.1) is 0 Å². The van der Waals surface area contributed by atoms with Crippen molar-refractivity contribution < 1.29 is 9.59 Å². The molecule has 0 unspecified atom stereocenters. The minimum absolute atomic E-state index is 0.00885. The Hall–Kier alpha value is -2.62. The summed E-state index contributed by atoms with van der Waals surface area (Å²) in [7, 11) is 0. The second-order valence-electron chi connectivity index (χ2n) is 8.36. The van der Waals surface area contributed by atoms with Gasteiger partial charge in [-0.05, 0) is 35.4 Å². The lowest BCUT2D eigenvalue weighted by Crippen LogP contribution is -2.37. The molecule has 0 fully saturated rings. The topological polar surface area (TPSA) is 58.2 Å². The molecule has 142 valence electrons. The second-order valence-corrected chi connectivity index (χ2v) is 8.36. The summed E-state index contributed by atoms with van der Waals surface area (Å²) in [6.45, 7) is 6.36. The number of rotatable bonds is 5. The quantitative estimate of drug-likeness (QED) is 0.822. The molecule has 4 heteroatoms. The van der Waals surface area contributed by atoms with Crippen molar-refractivity contribution in [2.45, 2.75) is 46.1 Å². The van der Waals surface area contributed by atoms with Crippen LogP contribution < -0.4 is 10.6 Å². The van der Waals surface area contributed by atoms with Crippen molar-refractivity contribution in [1.82, 2.24) is 5.32 Å². The summed E-state index contributed by atoms with van der Waals surface area (Å²) in [5.41, 5.74) is 3.03. The largest absolute Gasteiger partial charge is 0.349 e. The van der Waals surface area contributed by atoms with Crippen LogP contribution in [0.3, 0.4) is 0 Å². The Bertz CT molecular complexity index is 809. The van der Waals surface area contributed by atoms with Gasteiger partial charge in [0.1, 0.15) is 0 Å². The molecular weight excluding hydrogens is 336 g/mol. The lowest BCUT2D eigenvalue weighted by Gasteiger charge is -2.32. The predicted molar refractivity (Wildman–Crippen MR) is 108 cm³/mol. The Morgan fingerprint density at radius 3 is 2.48 bits per heavy atom. The number of fused-ring (bicyclic) bond motifs is 1. The lowest BCUT2D eigenvalue weighted by molar-refractivity contribution is -0.124. The average molecular weight is 364 g/mol. The smallest absolute Gasteiger partial charge is 0.227 e. The molecule has 2 N–H and O–H groups in total. The van der Waals surface area contributed by atoms with Crippen molar-refractivity contribution >= 4 is 17.5 Å². The van der Waals surface area contributed by atoms with E-state index in [4.69, 9.17) is 0 Å². The lowest BCUT2D eigenvalue weighted by atomic mass is 9.82. The second kappa shape index (κ2) is 7.95. The maximum Gasteiger partial charge on any atom is 0.227 e. The van der Waals surface area contributed by atoms with E-state index in [2.05, 4.69) is 31.4 Å². The Kier molecular flexibility index (Phi) is 5.64. The molecule has 0 aromatic heterocycles. The predicted octanol–water partition coefficient (Wildman–Crippen LogP) is 4.48. The zero-order valence-electron chi connectivity index (χ0n) is 16.3. The molecule has 0 spiro atoms. The summed E-state index contributed by atoms with van der Waals surface area (Å²) in [5.74, 6) is -0.155. The molecule has 2 aromatic carbocycles. The van der Waals surface area contributed by atoms with Gasteiger partial charge in [0, 0.05) is 18.0 Å². The van der Waals surface area contributed by atoms with Crippen LogP contribution in [0.5, 0.6) is 0 Å².